The monoisotopic (exact) mass is 416 g/mol. The summed E-state index contributed by atoms with van der Waals surface area (Å²) in [5, 5.41) is 3.09. The van der Waals surface area contributed by atoms with E-state index in [0.717, 1.165) is 12.8 Å². The van der Waals surface area contributed by atoms with Crippen molar-refractivity contribution in [1.82, 2.24) is 5.32 Å². The lowest BCUT2D eigenvalue weighted by Gasteiger charge is -2.34. The first-order valence-corrected chi connectivity index (χ1v) is 11.4. The molecule has 1 amide bonds. The number of carbonyl (C=O) groups is 1. The van der Waals surface area contributed by atoms with Gasteiger partial charge >= 0.3 is 0 Å². The summed E-state index contributed by atoms with van der Waals surface area (Å²) in [6.45, 7) is 4.37. The van der Waals surface area contributed by atoms with Crippen LogP contribution in [0, 0.1) is 11.8 Å². The molecule has 0 radical (unpaired) electrons. The number of hydrogen-bond acceptors (Lipinski definition) is 4. The van der Waals surface area contributed by atoms with Crippen LogP contribution in [0.25, 0.3) is 0 Å². The van der Waals surface area contributed by atoms with Crippen molar-refractivity contribution in [1.29, 1.82) is 0 Å². The van der Waals surface area contributed by atoms with Gasteiger partial charge < -0.3 is 10.1 Å². The maximum atomic E-state index is 12.7. The molecule has 1 saturated carbocycles. The molecule has 156 valence electrons. The number of carbonyl (C=O) groups excluding carboxylic acids is 1. The van der Waals surface area contributed by atoms with Crippen LogP contribution in [0.4, 0.5) is 5.69 Å². The Morgan fingerprint density at radius 2 is 1.79 bits per heavy atom. The molecule has 0 spiro atoms. The molecule has 0 aliphatic heterocycles. The van der Waals surface area contributed by atoms with Crippen LogP contribution in [0.1, 0.15) is 43.5 Å². The van der Waals surface area contributed by atoms with E-state index in [-0.39, 0.29) is 16.8 Å². The fraction of sp³-hybridized carbons (Fsp3) is 0.409. The van der Waals surface area contributed by atoms with Crippen LogP contribution in [0.3, 0.4) is 0 Å². The number of nitrogens with one attached hydrogen (secondary N) is 2. The van der Waals surface area contributed by atoms with Crippen LogP contribution in [-0.4, -0.2) is 27.5 Å². The number of amides is 1. The summed E-state index contributed by atoms with van der Waals surface area (Å²) in [7, 11) is -2.27. The molecule has 6 nitrogen and oxygen atoms in total. The highest BCUT2D eigenvalue weighted by atomic mass is 32.2. The van der Waals surface area contributed by atoms with Crippen molar-refractivity contribution in [2.75, 3.05) is 11.8 Å². The molecule has 0 saturated heterocycles. The van der Waals surface area contributed by atoms with Crippen LogP contribution < -0.4 is 14.8 Å². The smallest absolute Gasteiger partial charge is 0.261 e. The average molecular weight is 417 g/mol. The van der Waals surface area contributed by atoms with Crippen LogP contribution in [0.5, 0.6) is 5.75 Å². The number of methoxy groups -OCH3 is 1. The van der Waals surface area contributed by atoms with E-state index in [2.05, 4.69) is 23.9 Å². The summed E-state index contributed by atoms with van der Waals surface area (Å²) in [5.74, 6) is 1.36. The van der Waals surface area contributed by atoms with E-state index in [1.54, 1.807) is 43.5 Å². The van der Waals surface area contributed by atoms with Gasteiger partial charge in [-0.15, -0.1) is 0 Å². The summed E-state index contributed by atoms with van der Waals surface area (Å²) in [4.78, 5) is 12.8. The second-order valence-electron chi connectivity index (χ2n) is 7.71. The number of benzene rings is 2. The summed E-state index contributed by atoms with van der Waals surface area (Å²) in [6, 6.07) is 12.8. The molecule has 1 fully saturated rings. The molecule has 1 aliphatic rings. The minimum atomic E-state index is -3.81. The first-order valence-electron chi connectivity index (χ1n) is 9.88. The van der Waals surface area contributed by atoms with Crippen molar-refractivity contribution in [2.24, 2.45) is 11.8 Å². The Hall–Kier alpha value is -2.54. The van der Waals surface area contributed by atoms with Gasteiger partial charge in [0.1, 0.15) is 5.75 Å². The van der Waals surface area contributed by atoms with Crippen LogP contribution in [0.2, 0.25) is 0 Å². The van der Waals surface area contributed by atoms with E-state index >= 15 is 0 Å². The van der Waals surface area contributed by atoms with E-state index < -0.39 is 10.0 Å². The SMILES string of the molecule is COc1ccc(NS(=O)(=O)c2cccc(C(=O)NC3CCCC(C)C3C)c2)cc1. The fourth-order valence-electron chi connectivity index (χ4n) is 3.72. The second-order valence-corrected chi connectivity index (χ2v) is 9.39. The van der Waals surface area contributed by atoms with Gasteiger partial charge in [0, 0.05) is 17.3 Å². The predicted molar refractivity (Wildman–Crippen MR) is 114 cm³/mol. The maximum absolute atomic E-state index is 12.7. The van der Waals surface area contributed by atoms with Gasteiger partial charge in [-0.3, -0.25) is 9.52 Å². The van der Waals surface area contributed by atoms with Gasteiger partial charge in [-0.2, -0.15) is 0 Å². The summed E-state index contributed by atoms with van der Waals surface area (Å²) in [5.41, 5.74) is 0.763. The maximum Gasteiger partial charge on any atom is 0.261 e. The number of rotatable bonds is 6. The van der Waals surface area contributed by atoms with Crippen LogP contribution in [-0.2, 0) is 10.0 Å². The van der Waals surface area contributed by atoms with Gasteiger partial charge in [0.05, 0.1) is 12.0 Å². The molecule has 0 heterocycles. The molecule has 2 N–H and O–H groups in total. The van der Waals surface area contributed by atoms with E-state index in [4.69, 9.17) is 4.74 Å². The van der Waals surface area contributed by atoms with Gasteiger partial charge in [0.15, 0.2) is 0 Å². The van der Waals surface area contributed by atoms with Crippen LogP contribution >= 0.6 is 0 Å². The van der Waals surface area contributed by atoms with Crippen molar-refractivity contribution in [2.45, 2.75) is 44.0 Å². The van der Waals surface area contributed by atoms with Gasteiger partial charge in [-0.1, -0.05) is 32.8 Å². The highest BCUT2D eigenvalue weighted by molar-refractivity contribution is 7.92. The third-order valence-electron chi connectivity index (χ3n) is 5.77. The van der Waals surface area contributed by atoms with E-state index in [1.165, 1.54) is 18.6 Å². The third-order valence-corrected chi connectivity index (χ3v) is 7.15. The zero-order valence-corrected chi connectivity index (χ0v) is 17.8. The lowest BCUT2D eigenvalue weighted by atomic mass is 9.78. The molecule has 0 bridgehead atoms. The van der Waals surface area contributed by atoms with Crippen molar-refractivity contribution >= 4 is 21.6 Å². The number of sulfonamides is 1. The normalized spacial score (nSPS) is 22.0. The largest absolute Gasteiger partial charge is 0.497 e. The Bertz CT molecular complexity index is 957. The van der Waals surface area contributed by atoms with Gasteiger partial charge in [-0.25, -0.2) is 8.42 Å². The molecule has 29 heavy (non-hydrogen) atoms. The lowest BCUT2D eigenvalue weighted by Crippen LogP contribution is -2.43. The van der Waals surface area contributed by atoms with Crippen molar-refractivity contribution in [3.8, 4) is 5.75 Å². The highest BCUT2D eigenvalue weighted by Crippen LogP contribution is 2.29. The standard InChI is InChI=1S/C22H28N2O4S/c1-15-6-4-9-21(16(15)2)23-22(25)17-7-5-8-20(14-17)29(26,27)24-18-10-12-19(28-3)13-11-18/h5,7-8,10-16,21,24H,4,6,9H2,1-3H3,(H,23,25). The molecule has 0 aromatic heterocycles. The molecule has 3 unspecified atom stereocenters. The van der Waals surface area contributed by atoms with Gasteiger partial charge in [0.2, 0.25) is 0 Å². The quantitative estimate of drug-likeness (QED) is 0.744. The van der Waals surface area contributed by atoms with E-state index in [0.29, 0.717) is 28.8 Å². The Morgan fingerprint density at radius 1 is 1.07 bits per heavy atom. The van der Waals surface area contributed by atoms with Crippen molar-refractivity contribution in [3.63, 3.8) is 0 Å². The Morgan fingerprint density at radius 3 is 2.48 bits per heavy atom. The lowest BCUT2D eigenvalue weighted by molar-refractivity contribution is 0.0891. The van der Waals surface area contributed by atoms with E-state index in [1.807, 2.05) is 0 Å². The molecule has 3 rings (SSSR count). The third kappa shape index (κ3) is 5.09. The Labute approximate surface area is 172 Å². The molecule has 7 heteroatoms. The van der Waals surface area contributed by atoms with Gasteiger partial charge in [0.25, 0.3) is 15.9 Å². The second kappa shape index (κ2) is 8.86. The highest BCUT2D eigenvalue weighted by Gasteiger charge is 2.28. The minimum absolute atomic E-state index is 0.0472. The predicted octanol–water partition coefficient (Wildman–Crippen LogP) is 4.05. The average Bonchev–Trinajstić information content (AvgIpc) is 2.72. The first-order chi connectivity index (χ1) is 13.8. The molecular weight excluding hydrogens is 388 g/mol. The zero-order valence-electron chi connectivity index (χ0n) is 17.0. The summed E-state index contributed by atoms with van der Waals surface area (Å²) < 4.78 is 33.1. The molecular formula is C22H28N2O4S. The first kappa shape index (κ1) is 21.2. The Kier molecular flexibility index (Phi) is 6.47. The number of ether oxygens (including phenoxy) is 1. The van der Waals surface area contributed by atoms with Crippen LogP contribution in [0.15, 0.2) is 53.4 Å². The molecule has 1 aliphatic carbocycles. The van der Waals surface area contributed by atoms with Crippen molar-refractivity contribution in [3.05, 3.63) is 54.1 Å². The molecule has 2 aromatic rings. The summed E-state index contributed by atoms with van der Waals surface area (Å²) >= 11 is 0. The van der Waals surface area contributed by atoms with Gasteiger partial charge in [-0.05, 0) is 60.7 Å². The fourth-order valence-corrected chi connectivity index (χ4v) is 4.82. The topological polar surface area (TPSA) is 84.5 Å². The number of hydrogen-bond donors (Lipinski definition) is 2. The zero-order chi connectivity index (χ0) is 21.0. The Balaban J connectivity index is 1.74. The molecule has 2 aromatic carbocycles. The van der Waals surface area contributed by atoms with E-state index in [9.17, 15) is 13.2 Å². The summed E-state index contributed by atoms with van der Waals surface area (Å²) in [6.07, 6.45) is 3.23. The van der Waals surface area contributed by atoms with Crippen molar-refractivity contribution < 1.29 is 17.9 Å². The minimum Gasteiger partial charge on any atom is -0.497 e. The number of anilines is 1. The molecule has 3 atom stereocenters.